The maximum absolute atomic E-state index is 12.7. The molecule has 5 heteroatoms. The Labute approximate surface area is 74.9 Å². The summed E-state index contributed by atoms with van der Waals surface area (Å²) >= 11 is 0. The number of hydrogen-bond acceptors (Lipinski definition) is 2. The first-order valence-electron chi connectivity index (χ1n) is 4.21. The third-order valence-corrected chi connectivity index (χ3v) is 2.27. The van der Waals surface area contributed by atoms with E-state index in [-0.39, 0.29) is 19.0 Å². The SMILES string of the molecule is N#CC1CCN(C(F)C(F)F)CC1. The van der Waals surface area contributed by atoms with Gasteiger partial charge in [0.1, 0.15) is 0 Å². The highest BCUT2D eigenvalue weighted by molar-refractivity contribution is 4.87. The Morgan fingerprint density at radius 1 is 1.23 bits per heavy atom. The molecule has 0 N–H and O–H groups in total. The smallest absolute Gasteiger partial charge is 0.269 e. The molecule has 0 bridgehead atoms. The van der Waals surface area contributed by atoms with Crippen LogP contribution in [0.15, 0.2) is 0 Å². The van der Waals surface area contributed by atoms with Gasteiger partial charge in [-0.1, -0.05) is 0 Å². The molecule has 1 rings (SSSR count). The molecule has 1 unspecified atom stereocenters. The van der Waals surface area contributed by atoms with Crippen molar-refractivity contribution in [2.45, 2.75) is 25.6 Å². The number of likely N-dealkylation sites (tertiary alicyclic amines) is 1. The van der Waals surface area contributed by atoms with E-state index in [0.717, 1.165) is 4.90 Å². The molecule has 1 fully saturated rings. The highest BCUT2D eigenvalue weighted by Gasteiger charge is 2.30. The van der Waals surface area contributed by atoms with Crippen molar-refractivity contribution in [2.24, 2.45) is 5.92 Å². The third-order valence-electron chi connectivity index (χ3n) is 2.27. The molecule has 1 aliphatic rings. The van der Waals surface area contributed by atoms with Crippen LogP contribution in [0.1, 0.15) is 12.8 Å². The molecule has 1 heterocycles. The lowest BCUT2D eigenvalue weighted by Crippen LogP contribution is -2.42. The summed E-state index contributed by atoms with van der Waals surface area (Å²) in [6.07, 6.45) is -4.13. The molecule has 0 radical (unpaired) electrons. The van der Waals surface area contributed by atoms with Gasteiger partial charge in [-0.2, -0.15) is 5.26 Å². The molecule has 74 valence electrons. The minimum Gasteiger partial charge on any atom is -0.269 e. The summed E-state index contributed by atoms with van der Waals surface area (Å²) in [6, 6.07) is 2.06. The molecule has 2 nitrogen and oxygen atoms in total. The van der Waals surface area contributed by atoms with E-state index >= 15 is 0 Å². The van der Waals surface area contributed by atoms with Crippen LogP contribution in [0.25, 0.3) is 0 Å². The Morgan fingerprint density at radius 3 is 2.15 bits per heavy atom. The van der Waals surface area contributed by atoms with Crippen molar-refractivity contribution >= 4 is 0 Å². The molecule has 13 heavy (non-hydrogen) atoms. The zero-order valence-electron chi connectivity index (χ0n) is 7.09. The van der Waals surface area contributed by atoms with Crippen molar-refractivity contribution < 1.29 is 13.2 Å². The largest absolute Gasteiger partial charge is 0.282 e. The second kappa shape index (κ2) is 4.47. The zero-order chi connectivity index (χ0) is 9.84. The Kier molecular flexibility index (Phi) is 3.55. The van der Waals surface area contributed by atoms with E-state index in [4.69, 9.17) is 5.26 Å². The topological polar surface area (TPSA) is 27.0 Å². The average Bonchev–Trinajstić information content (AvgIpc) is 2.17. The molecule has 1 atom stereocenters. The molecule has 0 saturated carbocycles. The van der Waals surface area contributed by atoms with E-state index in [9.17, 15) is 13.2 Å². The first-order valence-corrected chi connectivity index (χ1v) is 4.21. The van der Waals surface area contributed by atoms with Crippen LogP contribution in [0, 0.1) is 17.2 Å². The summed E-state index contributed by atoms with van der Waals surface area (Å²) in [5.41, 5.74) is 0. The van der Waals surface area contributed by atoms with Crippen LogP contribution in [0.3, 0.4) is 0 Å². The summed E-state index contributed by atoms with van der Waals surface area (Å²) in [5, 5.41) is 8.51. The van der Waals surface area contributed by atoms with Crippen LogP contribution in [0.4, 0.5) is 13.2 Å². The summed E-state index contributed by atoms with van der Waals surface area (Å²) < 4.78 is 36.6. The minimum atomic E-state index is -2.95. The lowest BCUT2D eigenvalue weighted by atomic mass is 9.99. The monoisotopic (exact) mass is 192 g/mol. The van der Waals surface area contributed by atoms with Crippen LogP contribution in [0.5, 0.6) is 0 Å². The maximum atomic E-state index is 12.7. The van der Waals surface area contributed by atoms with Crippen molar-refractivity contribution in [1.82, 2.24) is 4.90 Å². The summed E-state index contributed by atoms with van der Waals surface area (Å²) in [4.78, 5) is 1.10. The molecule has 1 saturated heterocycles. The van der Waals surface area contributed by atoms with E-state index < -0.39 is 12.7 Å². The van der Waals surface area contributed by atoms with Gasteiger partial charge >= 0.3 is 0 Å². The van der Waals surface area contributed by atoms with Crippen LogP contribution in [0.2, 0.25) is 0 Å². The Balaban J connectivity index is 2.37. The van der Waals surface area contributed by atoms with Crippen LogP contribution in [-0.4, -0.2) is 30.7 Å². The van der Waals surface area contributed by atoms with Gasteiger partial charge in [0, 0.05) is 19.0 Å². The Morgan fingerprint density at radius 2 is 1.77 bits per heavy atom. The van der Waals surface area contributed by atoms with Gasteiger partial charge in [0.15, 0.2) is 0 Å². The highest BCUT2D eigenvalue weighted by atomic mass is 19.3. The van der Waals surface area contributed by atoms with E-state index in [1.807, 2.05) is 0 Å². The average molecular weight is 192 g/mol. The van der Waals surface area contributed by atoms with Crippen molar-refractivity contribution in [1.29, 1.82) is 5.26 Å². The Hall–Kier alpha value is -0.760. The van der Waals surface area contributed by atoms with Gasteiger partial charge in [-0.15, -0.1) is 0 Å². The van der Waals surface area contributed by atoms with E-state index in [1.54, 1.807) is 0 Å². The fraction of sp³-hybridized carbons (Fsp3) is 0.875. The van der Waals surface area contributed by atoms with Crippen molar-refractivity contribution in [3.8, 4) is 6.07 Å². The predicted octanol–water partition coefficient (Wildman–Crippen LogP) is 1.78. The molecule has 0 aromatic heterocycles. The predicted molar refractivity (Wildman–Crippen MR) is 40.8 cm³/mol. The number of nitrogens with zero attached hydrogens (tertiary/aromatic N) is 2. The van der Waals surface area contributed by atoms with Gasteiger partial charge < -0.3 is 0 Å². The van der Waals surface area contributed by atoms with Crippen LogP contribution in [-0.2, 0) is 0 Å². The number of hydrogen-bond donors (Lipinski definition) is 0. The van der Waals surface area contributed by atoms with Gasteiger partial charge in [0.25, 0.3) is 6.43 Å². The fourth-order valence-electron chi connectivity index (χ4n) is 1.43. The molecule has 1 aliphatic heterocycles. The normalized spacial score (nSPS) is 23.0. The van der Waals surface area contributed by atoms with Crippen LogP contribution >= 0.6 is 0 Å². The van der Waals surface area contributed by atoms with Crippen LogP contribution < -0.4 is 0 Å². The Bertz CT molecular complexity index is 194. The molecule has 0 aromatic rings. The number of alkyl halides is 3. The highest BCUT2D eigenvalue weighted by Crippen LogP contribution is 2.21. The van der Waals surface area contributed by atoms with Gasteiger partial charge in [-0.05, 0) is 12.8 Å². The standard InChI is InChI=1S/C8H11F3N2/c9-7(10)8(11)13-3-1-6(5-12)2-4-13/h6-8H,1-4H2. The van der Waals surface area contributed by atoms with Gasteiger partial charge in [-0.25, -0.2) is 13.2 Å². The van der Waals surface area contributed by atoms with Crippen molar-refractivity contribution in [3.05, 3.63) is 0 Å². The summed E-state index contributed by atoms with van der Waals surface area (Å²) in [5.74, 6) is -0.0962. The number of nitriles is 1. The summed E-state index contributed by atoms with van der Waals surface area (Å²) in [7, 11) is 0. The zero-order valence-corrected chi connectivity index (χ0v) is 7.09. The fourth-order valence-corrected chi connectivity index (χ4v) is 1.43. The first-order chi connectivity index (χ1) is 6.15. The lowest BCUT2D eigenvalue weighted by Gasteiger charge is -2.30. The number of halogens is 3. The van der Waals surface area contributed by atoms with E-state index in [1.165, 1.54) is 0 Å². The number of rotatable bonds is 2. The van der Waals surface area contributed by atoms with Gasteiger partial charge in [0.2, 0.25) is 6.30 Å². The van der Waals surface area contributed by atoms with E-state index in [0.29, 0.717) is 12.8 Å². The molecular weight excluding hydrogens is 181 g/mol. The third kappa shape index (κ3) is 2.59. The minimum absolute atomic E-state index is 0.0962. The maximum Gasteiger partial charge on any atom is 0.282 e. The van der Waals surface area contributed by atoms with Gasteiger partial charge in [0.05, 0.1) is 6.07 Å². The molecule has 0 aromatic carbocycles. The second-order valence-electron chi connectivity index (χ2n) is 3.15. The molecule has 0 spiro atoms. The quantitative estimate of drug-likeness (QED) is 0.623. The summed E-state index contributed by atoms with van der Waals surface area (Å²) in [6.45, 7) is 0.507. The van der Waals surface area contributed by atoms with Crippen molar-refractivity contribution in [2.75, 3.05) is 13.1 Å². The van der Waals surface area contributed by atoms with E-state index in [2.05, 4.69) is 6.07 Å². The molecular formula is C8H11F3N2. The number of piperidine rings is 1. The van der Waals surface area contributed by atoms with Crippen molar-refractivity contribution in [3.63, 3.8) is 0 Å². The van der Waals surface area contributed by atoms with Gasteiger partial charge in [-0.3, -0.25) is 4.90 Å². The lowest BCUT2D eigenvalue weighted by molar-refractivity contribution is -0.0584. The second-order valence-corrected chi connectivity index (χ2v) is 3.15. The first kappa shape index (κ1) is 10.3. The molecule has 0 aliphatic carbocycles. The molecule has 0 amide bonds.